The van der Waals surface area contributed by atoms with Crippen LogP contribution in [0.3, 0.4) is 0 Å². The summed E-state index contributed by atoms with van der Waals surface area (Å²) in [5, 5.41) is 0.605. The minimum atomic E-state index is -0.127. The highest BCUT2D eigenvalue weighted by molar-refractivity contribution is 6.30. The minimum Gasteiger partial charge on any atom is -0.478 e. The van der Waals surface area contributed by atoms with Crippen LogP contribution in [-0.4, -0.2) is 24.2 Å². The average Bonchev–Trinajstić information content (AvgIpc) is 3.39. The standard InChI is InChI=1S/C26H20ClNO5/c1-15-7-21-19(12-28(13-30-21)11-17-5-6-20-22(10-17)32-14-31-20)26-24(15)25(29)23(33-26)9-16-3-2-4-18(27)8-16/h2-10H,11-14H2,1H3/b23-9-. The maximum atomic E-state index is 13.2. The van der Waals surface area contributed by atoms with Crippen molar-refractivity contribution in [3.05, 3.63) is 87.1 Å². The molecule has 3 heterocycles. The molecule has 166 valence electrons. The van der Waals surface area contributed by atoms with Gasteiger partial charge in [0, 0.05) is 18.1 Å². The van der Waals surface area contributed by atoms with Gasteiger partial charge in [-0.1, -0.05) is 29.8 Å². The molecule has 0 aromatic heterocycles. The Hall–Kier alpha value is -3.48. The predicted octanol–water partition coefficient (Wildman–Crippen LogP) is 5.35. The van der Waals surface area contributed by atoms with Crippen LogP contribution < -0.4 is 18.9 Å². The molecule has 0 unspecified atom stereocenters. The number of carbonyl (C=O) groups excluding carboxylic acids is 1. The summed E-state index contributed by atoms with van der Waals surface area (Å²) in [6.07, 6.45) is 1.73. The molecule has 7 heteroatoms. The molecule has 3 aliphatic heterocycles. The van der Waals surface area contributed by atoms with Gasteiger partial charge in [-0.2, -0.15) is 0 Å². The van der Waals surface area contributed by atoms with Crippen molar-refractivity contribution in [2.45, 2.75) is 20.0 Å². The second kappa shape index (κ2) is 7.83. The highest BCUT2D eigenvalue weighted by Gasteiger charge is 2.35. The number of benzene rings is 3. The summed E-state index contributed by atoms with van der Waals surface area (Å²) >= 11 is 6.10. The topological polar surface area (TPSA) is 57.2 Å². The Morgan fingerprint density at radius 3 is 2.79 bits per heavy atom. The van der Waals surface area contributed by atoms with E-state index in [4.69, 9.17) is 30.5 Å². The van der Waals surface area contributed by atoms with Gasteiger partial charge >= 0.3 is 0 Å². The quantitative estimate of drug-likeness (QED) is 0.490. The SMILES string of the molecule is Cc1cc2c(c3c1C(=O)/C(=C/c1cccc(Cl)c1)O3)CN(Cc1ccc3c(c1)OCO3)CO2. The second-order valence-electron chi connectivity index (χ2n) is 8.32. The number of carbonyl (C=O) groups is 1. The van der Waals surface area contributed by atoms with Gasteiger partial charge in [0.05, 0.1) is 11.1 Å². The van der Waals surface area contributed by atoms with E-state index < -0.39 is 0 Å². The van der Waals surface area contributed by atoms with Crippen LogP contribution in [0.1, 0.15) is 32.6 Å². The lowest BCUT2D eigenvalue weighted by molar-refractivity contribution is 0.0871. The summed E-state index contributed by atoms with van der Waals surface area (Å²) in [5.41, 5.74) is 4.22. The summed E-state index contributed by atoms with van der Waals surface area (Å²) in [7, 11) is 0. The number of aryl methyl sites for hydroxylation is 1. The number of fused-ring (bicyclic) bond motifs is 4. The lowest BCUT2D eigenvalue weighted by Crippen LogP contribution is -2.31. The highest BCUT2D eigenvalue weighted by atomic mass is 35.5. The number of hydrogen-bond acceptors (Lipinski definition) is 6. The Kier molecular flexibility index (Phi) is 4.78. The third kappa shape index (κ3) is 3.61. The molecule has 0 spiro atoms. The molecule has 0 saturated carbocycles. The lowest BCUT2D eigenvalue weighted by atomic mass is 9.98. The monoisotopic (exact) mass is 461 g/mol. The predicted molar refractivity (Wildman–Crippen MR) is 123 cm³/mol. The van der Waals surface area contributed by atoms with Crippen LogP contribution in [0.2, 0.25) is 5.02 Å². The van der Waals surface area contributed by atoms with Crippen molar-refractivity contribution in [2.24, 2.45) is 0 Å². The molecule has 0 fully saturated rings. The highest BCUT2D eigenvalue weighted by Crippen LogP contribution is 2.44. The van der Waals surface area contributed by atoms with Gasteiger partial charge in [-0.25, -0.2) is 0 Å². The Morgan fingerprint density at radius 1 is 1.03 bits per heavy atom. The Labute approximate surface area is 195 Å². The Morgan fingerprint density at radius 2 is 1.91 bits per heavy atom. The minimum absolute atomic E-state index is 0.127. The summed E-state index contributed by atoms with van der Waals surface area (Å²) in [4.78, 5) is 15.3. The third-order valence-electron chi connectivity index (χ3n) is 5.98. The number of Topliss-reactive ketones (excluding diaryl/α,β-unsaturated/α-hetero) is 1. The van der Waals surface area contributed by atoms with Crippen LogP contribution in [0.5, 0.6) is 23.0 Å². The molecular weight excluding hydrogens is 442 g/mol. The molecule has 3 aliphatic rings. The molecule has 0 saturated heterocycles. The Balaban J connectivity index is 1.29. The molecule has 33 heavy (non-hydrogen) atoms. The van der Waals surface area contributed by atoms with Crippen LogP contribution in [-0.2, 0) is 13.1 Å². The fourth-order valence-corrected chi connectivity index (χ4v) is 4.62. The summed E-state index contributed by atoms with van der Waals surface area (Å²) in [5.74, 6) is 3.02. The van der Waals surface area contributed by atoms with Gasteiger partial charge in [0.15, 0.2) is 17.3 Å². The van der Waals surface area contributed by atoms with Gasteiger partial charge in [-0.05, 0) is 60.0 Å². The Bertz CT molecular complexity index is 1330. The molecule has 6 nitrogen and oxygen atoms in total. The van der Waals surface area contributed by atoms with Crippen molar-refractivity contribution in [3.63, 3.8) is 0 Å². The number of allylic oxidation sites excluding steroid dienone is 1. The van der Waals surface area contributed by atoms with Crippen molar-refractivity contribution >= 4 is 23.5 Å². The number of nitrogens with zero attached hydrogens (tertiary/aromatic N) is 1. The van der Waals surface area contributed by atoms with E-state index in [0.717, 1.165) is 39.5 Å². The molecule has 0 radical (unpaired) electrons. The molecule has 6 rings (SSSR count). The first kappa shape index (κ1) is 20.1. The number of ketones is 1. The zero-order chi connectivity index (χ0) is 22.5. The van der Waals surface area contributed by atoms with Crippen molar-refractivity contribution in [2.75, 3.05) is 13.5 Å². The van der Waals surface area contributed by atoms with E-state index in [-0.39, 0.29) is 18.3 Å². The summed E-state index contributed by atoms with van der Waals surface area (Å²) < 4.78 is 23.1. The molecule has 0 bridgehead atoms. The van der Waals surface area contributed by atoms with Crippen LogP contribution in [0.15, 0.2) is 54.3 Å². The molecule has 0 atom stereocenters. The molecule has 0 N–H and O–H groups in total. The van der Waals surface area contributed by atoms with E-state index >= 15 is 0 Å². The smallest absolute Gasteiger partial charge is 0.232 e. The first-order chi connectivity index (χ1) is 16.0. The summed E-state index contributed by atoms with van der Waals surface area (Å²) in [6.45, 7) is 3.87. The van der Waals surface area contributed by atoms with Crippen LogP contribution >= 0.6 is 11.6 Å². The molecular formula is C26H20ClNO5. The van der Waals surface area contributed by atoms with Gasteiger partial charge in [-0.15, -0.1) is 0 Å². The normalized spacial score (nSPS) is 17.5. The lowest BCUT2D eigenvalue weighted by Gasteiger charge is -2.30. The number of rotatable bonds is 3. The van der Waals surface area contributed by atoms with Gasteiger partial charge in [0.2, 0.25) is 12.6 Å². The fourth-order valence-electron chi connectivity index (χ4n) is 4.42. The second-order valence-corrected chi connectivity index (χ2v) is 8.75. The van der Waals surface area contributed by atoms with Gasteiger partial charge in [0.1, 0.15) is 18.2 Å². The van der Waals surface area contributed by atoms with E-state index in [0.29, 0.717) is 36.2 Å². The van der Waals surface area contributed by atoms with Crippen molar-refractivity contribution < 1.29 is 23.7 Å². The number of ether oxygens (including phenoxy) is 4. The molecule has 0 amide bonds. The summed E-state index contributed by atoms with van der Waals surface area (Å²) in [6, 6.07) is 15.2. The van der Waals surface area contributed by atoms with E-state index in [2.05, 4.69) is 4.90 Å². The van der Waals surface area contributed by atoms with Crippen molar-refractivity contribution in [1.82, 2.24) is 4.90 Å². The molecule has 0 aliphatic carbocycles. The number of hydrogen-bond donors (Lipinski definition) is 0. The van der Waals surface area contributed by atoms with E-state index in [1.807, 2.05) is 43.3 Å². The van der Waals surface area contributed by atoms with Crippen LogP contribution in [0.25, 0.3) is 6.08 Å². The fraction of sp³-hybridized carbons (Fsp3) is 0.192. The molecule has 3 aromatic carbocycles. The zero-order valence-corrected chi connectivity index (χ0v) is 18.6. The first-order valence-electron chi connectivity index (χ1n) is 10.6. The maximum absolute atomic E-state index is 13.2. The first-order valence-corrected chi connectivity index (χ1v) is 11.0. The largest absolute Gasteiger partial charge is 0.478 e. The van der Waals surface area contributed by atoms with E-state index in [1.54, 1.807) is 18.2 Å². The van der Waals surface area contributed by atoms with E-state index in [9.17, 15) is 4.79 Å². The molecule has 3 aromatic rings. The van der Waals surface area contributed by atoms with Crippen molar-refractivity contribution in [3.8, 4) is 23.0 Å². The maximum Gasteiger partial charge on any atom is 0.232 e. The van der Waals surface area contributed by atoms with Crippen molar-refractivity contribution in [1.29, 1.82) is 0 Å². The van der Waals surface area contributed by atoms with Gasteiger partial charge < -0.3 is 18.9 Å². The van der Waals surface area contributed by atoms with Crippen LogP contribution in [0.4, 0.5) is 0 Å². The van der Waals surface area contributed by atoms with E-state index in [1.165, 1.54) is 0 Å². The van der Waals surface area contributed by atoms with Crippen LogP contribution in [0, 0.1) is 6.92 Å². The third-order valence-corrected chi connectivity index (χ3v) is 6.21. The van der Waals surface area contributed by atoms with Gasteiger partial charge in [0.25, 0.3) is 0 Å². The average molecular weight is 462 g/mol. The zero-order valence-electron chi connectivity index (χ0n) is 17.9. The number of halogens is 1. The van der Waals surface area contributed by atoms with Gasteiger partial charge in [-0.3, -0.25) is 9.69 Å².